The normalized spacial score (nSPS) is 21.1. The molecule has 27 heavy (non-hydrogen) atoms. The van der Waals surface area contributed by atoms with Crippen molar-refractivity contribution in [2.24, 2.45) is 0 Å². The molecule has 0 spiro atoms. The van der Waals surface area contributed by atoms with Crippen LogP contribution < -0.4 is 10.2 Å². The smallest absolute Gasteiger partial charge is 0.244 e. The highest BCUT2D eigenvalue weighted by Gasteiger charge is 2.22. The minimum Gasteiger partial charge on any atom is -0.339 e. The Hall–Kier alpha value is -2.48. The molecule has 2 aromatic rings. The van der Waals surface area contributed by atoms with Crippen LogP contribution in [-0.2, 0) is 11.3 Å². The van der Waals surface area contributed by atoms with Gasteiger partial charge in [-0.05, 0) is 37.9 Å². The highest BCUT2D eigenvalue weighted by molar-refractivity contribution is 5.76. The number of nitrogens with one attached hydrogen (secondary N) is 1. The van der Waals surface area contributed by atoms with Gasteiger partial charge in [-0.2, -0.15) is 5.10 Å². The van der Waals surface area contributed by atoms with Gasteiger partial charge in [0.25, 0.3) is 0 Å². The zero-order valence-corrected chi connectivity index (χ0v) is 15.6. The number of carbonyl (C=O) groups excluding carboxylic acids is 1. The molecular formula is C19H27N7O. The lowest BCUT2D eigenvalue weighted by atomic mass is 9.97. The summed E-state index contributed by atoms with van der Waals surface area (Å²) in [7, 11) is 0. The van der Waals surface area contributed by atoms with E-state index in [9.17, 15) is 4.79 Å². The van der Waals surface area contributed by atoms with Crippen LogP contribution in [0.4, 0.5) is 5.95 Å². The second-order valence-electron chi connectivity index (χ2n) is 7.25. The Balaban J connectivity index is 1.32. The van der Waals surface area contributed by atoms with Crippen molar-refractivity contribution in [3.63, 3.8) is 0 Å². The predicted molar refractivity (Wildman–Crippen MR) is 103 cm³/mol. The van der Waals surface area contributed by atoms with Crippen LogP contribution in [0.25, 0.3) is 0 Å². The molecule has 0 radical (unpaired) electrons. The summed E-state index contributed by atoms with van der Waals surface area (Å²) in [6.45, 7) is 5.47. The quantitative estimate of drug-likeness (QED) is 0.862. The molecule has 4 heterocycles. The lowest BCUT2D eigenvalue weighted by molar-refractivity contribution is -0.131. The zero-order chi connectivity index (χ0) is 18.5. The van der Waals surface area contributed by atoms with Crippen LogP contribution in [0.1, 0.15) is 30.9 Å². The third-order valence-corrected chi connectivity index (χ3v) is 5.36. The number of piperidine rings is 1. The zero-order valence-electron chi connectivity index (χ0n) is 15.6. The van der Waals surface area contributed by atoms with Crippen LogP contribution in [0.2, 0.25) is 0 Å². The number of hydrogen-bond donors (Lipinski definition) is 1. The van der Waals surface area contributed by atoms with Crippen molar-refractivity contribution in [1.29, 1.82) is 0 Å². The Morgan fingerprint density at radius 1 is 1.15 bits per heavy atom. The summed E-state index contributed by atoms with van der Waals surface area (Å²) in [5.74, 6) is 1.33. The van der Waals surface area contributed by atoms with Crippen molar-refractivity contribution >= 4 is 11.9 Å². The first-order valence-electron chi connectivity index (χ1n) is 9.83. The molecular weight excluding hydrogens is 342 g/mol. The lowest BCUT2D eigenvalue weighted by Gasteiger charge is -2.22. The molecule has 2 aromatic heterocycles. The molecule has 2 fully saturated rings. The largest absolute Gasteiger partial charge is 0.339 e. The first-order chi connectivity index (χ1) is 13.3. The van der Waals surface area contributed by atoms with E-state index in [-0.39, 0.29) is 5.91 Å². The molecule has 1 N–H and O–H groups in total. The number of nitrogens with zero attached hydrogens (tertiary/aromatic N) is 6. The number of anilines is 1. The summed E-state index contributed by atoms with van der Waals surface area (Å²) in [6.07, 6.45) is 8.72. The van der Waals surface area contributed by atoms with Gasteiger partial charge in [0.05, 0.1) is 5.69 Å². The third-order valence-electron chi connectivity index (χ3n) is 5.36. The minimum atomic E-state index is 0.127. The van der Waals surface area contributed by atoms with Crippen molar-refractivity contribution < 1.29 is 4.79 Å². The van der Waals surface area contributed by atoms with E-state index in [4.69, 9.17) is 0 Å². The summed E-state index contributed by atoms with van der Waals surface area (Å²) >= 11 is 0. The summed E-state index contributed by atoms with van der Waals surface area (Å²) in [4.78, 5) is 25.5. The fraction of sp³-hybridized carbons (Fsp3) is 0.579. The van der Waals surface area contributed by atoms with Gasteiger partial charge < -0.3 is 15.1 Å². The van der Waals surface area contributed by atoms with Gasteiger partial charge in [0.1, 0.15) is 6.54 Å². The second-order valence-corrected chi connectivity index (χ2v) is 7.25. The van der Waals surface area contributed by atoms with E-state index in [0.29, 0.717) is 19.0 Å². The maximum Gasteiger partial charge on any atom is 0.244 e. The number of hydrogen-bond acceptors (Lipinski definition) is 6. The van der Waals surface area contributed by atoms with Crippen LogP contribution in [-0.4, -0.2) is 69.8 Å². The predicted octanol–water partition coefficient (Wildman–Crippen LogP) is 0.879. The van der Waals surface area contributed by atoms with Gasteiger partial charge in [-0.1, -0.05) is 0 Å². The van der Waals surface area contributed by atoms with E-state index in [0.717, 1.165) is 50.8 Å². The average Bonchev–Trinajstić information content (AvgIpc) is 3.04. The molecule has 2 aliphatic rings. The molecule has 0 aromatic carbocycles. The molecule has 0 aliphatic carbocycles. The van der Waals surface area contributed by atoms with Crippen LogP contribution in [0.5, 0.6) is 0 Å². The van der Waals surface area contributed by atoms with Crippen molar-refractivity contribution in [2.45, 2.75) is 31.7 Å². The third kappa shape index (κ3) is 4.44. The SMILES string of the molecule is O=C(Cn1ccc([C@@H]2CCCNC2)n1)N1CCCN(c2ncccn2)CC1. The van der Waals surface area contributed by atoms with E-state index in [1.807, 2.05) is 17.2 Å². The van der Waals surface area contributed by atoms with E-state index < -0.39 is 0 Å². The van der Waals surface area contributed by atoms with Gasteiger partial charge in [0.15, 0.2) is 0 Å². The molecule has 0 bridgehead atoms. The summed E-state index contributed by atoms with van der Waals surface area (Å²) in [5, 5.41) is 8.07. The number of aromatic nitrogens is 4. The first kappa shape index (κ1) is 17.9. The molecule has 0 unspecified atom stereocenters. The van der Waals surface area contributed by atoms with Gasteiger partial charge in [-0.3, -0.25) is 9.48 Å². The fourth-order valence-electron chi connectivity index (χ4n) is 3.85. The maximum atomic E-state index is 12.8. The Bertz CT molecular complexity index is 742. The van der Waals surface area contributed by atoms with Crippen LogP contribution in [0.15, 0.2) is 30.7 Å². The maximum absolute atomic E-state index is 12.8. The fourth-order valence-corrected chi connectivity index (χ4v) is 3.85. The number of rotatable bonds is 4. The Morgan fingerprint density at radius 2 is 2.04 bits per heavy atom. The topological polar surface area (TPSA) is 79.2 Å². The monoisotopic (exact) mass is 369 g/mol. The van der Waals surface area contributed by atoms with Crippen molar-refractivity contribution in [3.05, 3.63) is 36.4 Å². The van der Waals surface area contributed by atoms with Crippen molar-refractivity contribution in [2.75, 3.05) is 44.2 Å². The molecule has 1 amide bonds. The van der Waals surface area contributed by atoms with Crippen molar-refractivity contribution in [3.8, 4) is 0 Å². The van der Waals surface area contributed by atoms with Crippen molar-refractivity contribution in [1.82, 2.24) is 30.0 Å². The molecule has 4 rings (SSSR count). The summed E-state index contributed by atoms with van der Waals surface area (Å²) in [5.41, 5.74) is 1.10. The van der Waals surface area contributed by atoms with Crippen LogP contribution >= 0.6 is 0 Å². The molecule has 1 atom stereocenters. The summed E-state index contributed by atoms with van der Waals surface area (Å²) < 4.78 is 1.79. The molecule has 2 saturated heterocycles. The molecule has 8 heteroatoms. The Morgan fingerprint density at radius 3 is 2.85 bits per heavy atom. The summed E-state index contributed by atoms with van der Waals surface area (Å²) in [6, 6.07) is 3.88. The molecule has 8 nitrogen and oxygen atoms in total. The van der Waals surface area contributed by atoms with E-state index in [2.05, 4.69) is 31.3 Å². The van der Waals surface area contributed by atoms with E-state index in [1.165, 1.54) is 12.8 Å². The molecule has 144 valence electrons. The minimum absolute atomic E-state index is 0.127. The molecule has 2 aliphatic heterocycles. The molecule has 0 saturated carbocycles. The Kier molecular flexibility index (Phi) is 5.62. The van der Waals surface area contributed by atoms with Crippen LogP contribution in [0.3, 0.4) is 0 Å². The van der Waals surface area contributed by atoms with E-state index in [1.54, 1.807) is 17.1 Å². The van der Waals surface area contributed by atoms with Gasteiger partial charge in [0, 0.05) is 57.2 Å². The standard InChI is InChI=1S/C19H27N7O/c27-18(15-26-11-5-17(23-26)16-4-1-6-20-14-16)24-9-3-10-25(13-12-24)19-21-7-2-8-22-19/h2,5,7-8,11,16,20H,1,3-4,6,9-10,12-15H2/t16-/m1/s1. The Labute approximate surface area is 159 Å². The van der Waals surface area contributed by atoms with Gasteiger partial charge in [-0.15, -0.1) is 0 Å². The highest BCUT2D eigenvalue weighted by Crippen LogP contribution is 2.21. The first-order valence-corrected chi connectivity index (χ1v) is 9.83. The second kappa shape index (κ2) is 8.47. The highest BCUT2D eigenvalue weighted by atomic mass is 16.2. The van der Waals surface area contributed by atoms with Gasteiger partial charge in [0.2, 0.25) is 11.9 Å². The average molecular weight is 369 g/mol. The van der Waals surface area contributed by atoms with Gasteiger partial charge in [-0.25, -0.2) is 9.97 Å². The number of carbonyl (C=O) groups is 1. The van der Waals surface area contributed by atoms with Crippen LogP contribution in [0, 0.1) is 0 Å². The lowest BCUT2D eigenvalue weighted by Crippen LogP contribution is -2.37. The van der Waals surface area contributed by atoms with Gasteiger partial charge >= 0.3 is 0 Å². The number of amides is 1. The van der Waals surface area contributed by atoms with E-state index >= 15 is 0 Å².